The minimum absolute atomic E-state index is 0.0306. The predicted octanol–water partition coefficient (Wildman–Crippen LogP) is 3.23. The molecule has 1 N–H and O–H groups in total. The Kier molecular flexibility index (Phi) is 3.13. The number of carbonyl (C=O) groups is 1. The molecule has 1 atom stereocenters. The van der Waals surface area contributed by atoms with Gasteiger partial charge in [0, 0.05) is 12.6 Å². The Morgan fingerprint density at radius 2 is 2.14 bits per heavy atom. The van der Waals surface area contributed by atoms with Gasteiger partial charge in [-0.25, -0.2) is 14.4 Å². The van der Waals surface area contributed by atoms with Gasteiger partial charge in [0.2, 0.25) is 5.95 Å². The van der Waals surface area contributed by atoms with Gasteiger partial charge in [0.25, 0.3) is 0 Å². The second-order valence-corrected chi connectivity index (χ2v) is 5.91. The summed E-state index contributed by atoms with van der Waals surface area (Å²) in [6, 6.07) is 4.96. The van der Waals surface area contributed by atoms with Crippen LogP contribution in [0.4, 0.5) is 10.3 Å². The van der Waals surface area contributed by atoms with Gasteiger partial charge < -0.3 is 5.32 Å². The normalized spacial score (nSPS) is 19.7. The molecule has 0 bridgehead atoms. The molecule has 22 heavy (non-hydrogen) atoms. The van der Waals surface area contributed by atoms with Crippen molar-refractivity contribution in [2.45, 2.75) is 38.1 Å². The Morgan fingerprint density at radius 3 is 3.05 bits per heavy atom. The number of hydrogen-bond acceptors (Lipinski definition) is 4. The molecule has 1 aromatic carbocycles. The van der Waals surface area contributed by atoms with E-state index in [1.165, 1.54) is 11.6 Å². The zero-order valence-electron chi connectivity index (χ0n) is 12.1. The smallest absolute Gasteiger partial charge is 0.223 e. The number of benzene rings is 1. The van der Waals surface area contributed by atoms with E-state index in [2.05, 4.69) is 15.3 Å². The summed E-state index contributed by atoms with van der Waals surface area (Å²) in [5, 5.41) is 3.29. The van der Waals surface area contributed by atoms with E-state index in [-0.39, 0.29) is 17.6 Å². The lowest BCUT2D eigenvalue weighted by atomic mass is 9.96. The first-order valence-corrected chi connectivity index (χ1v) is 7.65. The molecule has 0 amide bonds. The topological polar surface area (TPSA) is 54.9 Å². The van der Waals surface area contributed by atoms with Crippen molar-refractivity contribution in [3.63, 3.8) is 0 Å². The van der Waals surface area contributed by atoms with Crippen molar-refractivity contribution in [2.24, 2.45) is 0 Å². The van der Waals surface area contributed by atoms with E-state index in [1.807, 2.05) is 6.07 Å². The molecule has 4 rings (SSSR count). The SMILES string of the molecule is O=C1CCCc2nc(N[C@@H]3CCc4ccc(F)cc43)ncc21. The highest BCUT2D eigenvalue weighted by Crippen LogP contribution is 2.33. The average Bonchev–Trinajstić information content (AvgIpc) is 2.90. The summed E-state index contributed by atoms with van der Waals surface area (Å²) in [7, 11) is 0. The van der Waals surface area contributed by atoms with Crippen molar-refractivity contribution in [3.05, 3.63) is 52.6 Å². The fraction of sp³-hybridized carbons (Fsp3) is 0.353. The van der Waals surface area contributed by atoms with Crippen LogP contribution < -0.4 is 5.32 Å². The fourth-order valence-corrected chi connectivity index (χ4v) is 3.34. The molecule has 2 aliphatic rings. The van der Waals surface area contributed by atoms with Gasteiger partial charge >= 0.3 is 0 Å². The summed E-state index contributed by atoms with van der Waals surface area (Å²) >= 11 is 0. The average molecular weight is 297 g/mol. The number of rotatable bonds is 2. The molecule has 1 heterocycles. The van der Waals surface area contributed by atoms with Gasteiger partial charge in [-0.05, 0) is 48.9 Å². The summed E-state index contributed by atoms with van der Waals surface area (Å²) in [6.07, 6.45) is 5.69. The number of anilines is 1. The minimum Gasteiger partial charge on any atom is -0.347 e. The molecule has 0 saturated heterocycles. The Labute approximate surface area is 127 Å². The number of Topliss-reactive ketones (excluding diaryl/α,β-unsaturated/α-hetero) is 1. The first kappa shape index (κ1) is 13.4. The lowest BCUT2D eigenvalue weighted by Crippen LogP contribution is -2.16. The zero-order chi connectivity index (χ0) is 15.1. The molecule has 2 aromatic rings. The lowest BCUT2D eigenvalue weighted by molar-refractivity contribution is 0.0971. The summed E-state index contributed by atoms with van der Waals surface area (Å²) in [4.78, 5) is 20.6. The molecule has 5 heteroatoms. The molecule has 0 radical (unpaired) electrons. The van der Waals surface area contributed by atoms with Crippen LogP contribution in [0.2, 0.25) is 0 Å². The van der Waals surface area contributed by atoms with Crippen molar-refractivity contribution < 1.29 is 9.18 Å². The Bertz CT molecular complexity index is 760. The van der Waals surface area contributed by atoms with E-state index in [4.69, 9.17) is 0 Å². The molecule has 0 aliphatic heterocycles. The van der Waals surface area contributed by atoms with Gasteiger partial charge in [-0.2, -0.15) is 0 Å². The molecule has 2 aliphatic carbocycles. The van der Waals surface area contributed by atoms with Crippen LogP contribution in [-0.2, 0) is 12.8 Å². The highest BCUT2D eigenvalue weighted by atomic mass is 19.1. The van der Waals surface area contributed by atoms with Gasteiger partial charge in [-0.15, -0.1) is 0 Å². The number of fused-ring (bicyclic) bond motifs is 2. The molecular formula is C17H16FN3O. The Balaban J connectivity index is 1.61. The van der Waals surface area contributed by atoms with Crippen molar-refractivity contribution in [2.75, 3.05) is 5.32 Å². The number of aryl methyl sites for hydroxylation is 2. The third-order valence-electron chi connectivity index (χ3n) is 4.47. The molecule has 0 unspecified atom stereocenters. The number of aromatic nitrogens is 2. The second-order valence-electron chi connectivity index (χ2n) is 5.91. The molecular weight excluding hydrogens is 281 g/mol. The molecule has 0 saturated carbocycles. The molecule has 1 aromatic heterocycles. The van der Waals surface area contributed by atoms with Crippen molar-refractivity contribution in [1.82, 2.24) is 9.97 Å². The maximum absolute atomic E-state index is 13.4. The van der Waals surface area contributed by atoms with Crippen LogP contribution in [0.15, 0.2) is 24.4 Å². The lowest BCUT2D eigenvalue weighted by Gasteiger charge is -2.17. The molecule has 4 nitrogen and oxygen atoms in total. The molecule has 112 valence electrons. The Morgan fingerprint density at radius 1 is 1.23 bits per heavy atom. The van der Waals surface area contributed by atoms with Crippen LogP contribution in [0.25, 0.3) is 0 Å². The van der Waals surface area contributed by atoms with E-state index < -0.39 is 0 Å². The maximum Gasteiger partial charge on any atom is 0.223 e. The van der Waals surface area contributed by atoms with Crippen LogP contribution in [0.1, 0.15) is 52.5 Å². The number of carbonyl (C=O) groups excluding carboxylic acids is 1. The van der Waals surface area contributed by atoms with Crippen LogP contribution in [-0.4, -0.2) is 15.8 Å². The van der Waals surface area contributed by atoms with Crippen molar-refractivity contribution in [1.29, 1.82) is 0 Å². The standard InChI is InChI=1S/C17H16FN3O/c18-11-6-4-10-5-7-15(12(10)8-11)21-17-19-9-13-14(20-17)2-1-3-16(13)22/h4,6,8-9,15H,1-3,5,7H2,(H,19,20,21)/t15-/m1/s1. The molecule has 0 fully saturated rings. The number of hydrogen-bond donors (Lipinski definition) is 1. The van der Waals surface area contributed by atoms with E-state index in [0.717, 1.165) is 36.9 Å². The van der Waals surface area contributed by atoms with Crippen LogP contribution in [0.5, 0.6) is 0 Å². The first-order valence-electron chi connectivity index (χ1n) is 7.65. The Hall–Kier alpha value is -2.30. The van der Waals surface area contributed by atoms with E-state index >= 15 is 0 Å². The summed E-state index contributed by atoms with van der Waals surface area (Å²) in [5.74, 6) is 0.432. The van der Waals surface area contributed by atoms with Crippen LogP contribution in [0.3, 0.4) is 0 Å². The van der Waals surface area contributed by atoms with E-state index in [0.29, 0.717) is 17.9 Å². The third-order valence-corrected chi connectivity index (χ3v) is 4.47. The minimum atomic E-state index is -0.218. The maximum atomic E-state index is 13.4. The van der Waals surface area contributed by atoms with Crippen molar-refractivity contribution >= 4 is 11.7 Å². The third kappa shape index (κ3) is 2.26. The van der Waals surface area contributed by atoms with E-state index in [9.17, 15) is 9.18 Å². The monoisotopic (exact) mass is 297 g/mol. The van der Waals surface area contributed by atoms with Gasteiger partial charge in [0.1, 0.15) is 5.82 Å². The van der Waals surface area contributed by atoms with E-state index in [1.54, 1.807) is 12.3 Å². The van der Waals surface area contributed by atoms with Gasteiger partial charge in [0.15, 0.2) is 5.78 Å². The van der Waals surface area contributed by atoms with Gasteiger partial charge in [-0.1, -0.05) is 6.07 Å². The first-order chi connectivity index (χ1) is 10.7. The highest BCUT2D eigenvalue weighted by molar-refractivity contribution is 5.97. The molecule has 0 spiro atoms. The predicted molar refractivity (Wildman–Crippen MR) is 80.4 cm³/mol. The number of nitrogens with one attached hydrogen (secondary N) is 1. The fourth-order valence-electron chi connectivity index (χ4n) is 3.34. The second kappa shape index (κ2) is 5.16. The summed E-state index contributed by atoms with van der Waals surface area (Å²) < 4.78 is 13.4. The van der Waals surface area contributed by atoms with Crippen LogP contribution >= 0.6 is 0 Å². The highest BCUT2D eigenvalue weighted by Gasteiger charge is 2.25. The quantitative estimate of drug-likeness (QED) is 0.924. The van der Waals surface area contributed by atoms with Gasteiger partial charge in [-0.3, -0.25) is 4.79 Å². The summed E-state index contributed by atoms with van der Waals surface area (Å²) in [5.41, 5.74) is 3.63. The van der Waals surface area contributed by atoms with Crippen LogP contribution in [0, 0.1) is 5.82 Å². The largest absolute Gasteiger partial charge is 0.347 e. The van der Waals surface area contributed by atoms with Gasteiger partial charge in [0.05, 0.1) is 17.3 Å². The number of ketones is 1. The number of nitrogens with zero attached hydrogens (tertiary/aromatic N) is 2. The summed E-state index contributed by atoms with van der Waals surface area (Å²) in [6.45, 7) is 0. The van der Waals surface area contributed by atoms with Crippen molar-refractivity contribution in [3.8, 4) is 0 Å². The number of halogens is 1. The zero-order valence-corrected chi connectivity index (χ0v) is 12.1.